The van der Waals surface area contributed by atoms with E-state index in [2.05, 4.69) is 11.9 Å². The molecule has 0 radical (unpaired) electrons. The molecule has 0 aliphatic heterocycles. The molecule has 6 heteroatoms. The third kappa shape index (κ3) is 4.54. The quantitative estimate of drug-likeness (QED) is 0.798. The second kappa shape index (κ2) is 7.75. The first kappa shape index (κ1) is 15.5. The predicted molar refractivity (Wildman–Crippen MR) is 86.6 cm³/mol. The molecule has 2 aromatic heterocycles. The maximum absolute atomic E-state index is 12.2. The molecule has 21 heavy (non-hydrogen) atoms. The zero-order chi connectivity index (χ0) is 15.1. The molecule has 0 aliphatic rings. The fourth-order valence-corrected chi connectivity index (χ4v) is 3.12. The fourth-order valence-electron chi connectivity index (χ4n) is 1.76. The maximum Gasteiger partial charge on any atom is 0.261 e. The average Bonchev–Trinajstić information content (AvgIpc) is 3.16. The van der Waals surface area contributed by atoms with E-state index in [0.29, 0.717) is 18.0 Å². The normalized spacial score (nSPS) is 10.1. The van der Waals surface area contributed by atoms with Crippen LogP contribution in [0.25, 0.3) is 0 Å². The van der Waals surface area contributed by atoms with Crippen molar-refractivity contribution in [3.63, 3.8) is 0 Å². The number of hydrogen-bond acceptors (Lipinski definition) is 4. The van der Waals surface area contributed by atoms with Gasteiger partial charge in [0.25, 0.3) is 5.91 Å². The third-order valence-electron chi connectivity index (χ3n) is 2.77. The van der Waals surface area contributed by atoms with Crippen molar-refractivity contribution in [1.82, 2.24) is 10.2 Å². The van der Waals surface area contributed by atoms with Crippen LogP contribution in [0.15, 0.2) is 47.7 Å². The van der Waals surface area contributed by atoms with E-state index >= 15 is 0 Å². The Balaban J connectivity index is 1.89. The Hall–Kier alpha value is -1.92. The van der Waals surface area contributed by atoms with Crippen LogP contribution < -0.4 is 5.32 Å². The summed E-state index contributed by atoms with van der Waals surface area (Å²) in [5, 5.41) is 6.46. The number of hydrogen-bond donors (Lipinski definition) is 1. The number of amides is 2. The first-order valence-corrected chi connectivity index (χ1v) is 8.19. The number of carbonyl (C=O) groups excluding carboxylic acids is 2. The average molecular weight is 320 g/mol. The van der Waals surface area contributed by atoms with Gasteiger partial charge in [0.15, 0.2) is 0 Å². The van der Waals surface area contributed by atoms with Gasteiger partial charge in [0.05, 0.1) is 18.0 Å². The third-order valence-corrected chi connectivity index (χ3v) is 4.50. The largest absolute Gasteiger partial charge is 0.342 e. The van der Waals surface area contributed by atoms with E-state index in [-0.39, 0.29) is 18.4 Å². The molecule has 2 amide bonds. The summed E-state index contributed by atoms with van der Waals surface area (Å²) < 4.78 is 0. The van der Waals surface area contributed by atoms with Crippen LogP contribution >= 0.6 is 22.7 Å². The summed E-state index contributed by atoms with van der Waals surface area (Å²) in [5.41, 5.74) is 0. The van der Waals surface area contributed by atoms with Gasteiger partial charge in [0.1, 0.15) is 0 Å². The van der Waals surface area contributed by atoms with Crippen LogP contribution in [0.1, 0.15) is 14.5 Å². The summed E-state index contributed by atoms with van der Waals surface area (Å²) in [6.45, 7) is 4.67. The summed E-state index contributed by atoms with van der Waals surface area (Å²) in [7, 11) is 0. The molecule has 0 spiro atoms. The minimum absolute atomic E-state index is 0.00402. The molecule has 0 saturated carbocycles. The van der Waals surface area contributed by atoms with E-state index in [9.17, 15) is 9.59 Å². The van der Waals surface area contributed by atoms with Crippen LogP contribution in [0.2, 0.25) is 0 Å². The van der Waals surface area contributed by atoms with Gasteiger partial charge in [0, 0.05) is 11.4 Å². The lowest BCUT2D eigenvalue weighted by Gasteiger charge is -2.20. The van der Waals surface area contributed by atoms with Crippen LogP contribution in [-0.4, -0.2) is 29.8 Å². The van der Waals surface area contributed by atoms with Gasteiger partial charge in [-0.2, -0.15) is 0 Å². The standard InChI is InChI=1S/C15H16N2O2S2/c1-2-7-17(11-12-5-3-8-20-12)14(18)10-16-15(19)13-6-4-9-21-13/h2-6,8-9H,1,7,10-11H2,(H,16,19). The van der Waals surface area contributed by atoms with Crippen LogP contribution in [0.3, 0.4) is 0 Å². The van der Waals surface area contributed by atoms with Crippen molar-refractivity contribution in [2.45, 2.75) is 6.54 Å². The minimum Gasteiger partial charge on any atom is -0.342 e. The molecule has 0 bridgehead atoms. The van der Waals surface area contributed by atoms with Gasteiger partial charge >= 0.3 is 0 Å². The summed E-state index contributed by atoms with van der Waals surface area (Å²) in [6, 6.07) is 7.48. The van der Waals surface area contributed by atoms with Gasteiger partial charge in [0.2, 0.25) is 5.91 Å². The Bertz CT molecular complexity index is 591. The van der Waals surface area contributed by atoms with Crippen LogP contribution in [-0.2, 0) is 11.3 Å². The van der Waals surface area contributed by atoms with Crippen molar-refractivity contribution < 1.29 is 9.59 Å². The van der Waals surface area contributed by atoms with Crippen molar-refractivity contribution >= 4 is 34.5 Å². The SMILES string of the molecule is C=CCN(Cc1cccs1)C(=O)CNC(=O)c1cccs1. The van der Waals surface area contributed by atoms with Crippen LogP contribution in [0.4, 0.5) is 0 Å². The molecular formula is C15H16N2O2S2. The summed E-state index contributed by atoms with van der Waals surface area (Å²) in [5.74, 6) is -0.332. The van der Waals surface area contributed by atoms with E-state index in [0.717, 1.165) is 4.88 Å². The molecule has 2 rings (SSSR count). The number of nitrogens with zero attached hydrogens (tertiary/aromatic N) is 1. The van der Waals surface area contributed by atoms with Crippen molar-refractivity contribution in [3.05, 3.63) is 57.4 Å². The Kier molecular flexibility index (Phi) is 5.71. The molecule has 2 heterocycles. The molecule has 0 fully saturated rings. The Morgan fingerprint density at radius 3 is 2.62 bits per heavy atom. The zero-order valence-corrected chi connectivity index (χ0v) is 13.1. The highest BCUT2D eigenvalue weighted by molar-refractivity contribution is 7.12. The minimum atomic E-state index is -0.215. The number of thiophene rings is 2. The Morgan fingerprint density at radius 2 is 2.00 bits per heavy atom. The lowest BCUT2D eigenvalue weighted by atomic mass is 10.3. The van der Waals surface area contributed by atoms with Crippen molar-refractivity contribution in [2.24, 2.45) is 0 Å². The maximum atomic E-state index is 12.2. The lowest BCUT2D eigenvalue weighted by molar-refractivity contribution is -0.130. The molecule has 0 unspecified atom stereocenters. The summed E-state index contributed by atoms with van der Waals surface area (Å²) >= 11 is 2.96. The first-order valence-electron chi connectivity index (χ1n) is 6.43. The van der Waals surface area contributed by atoms with E-state index < -0.39 is 0 Å². The monoisotopic (exact) mass is 320 g/mol. The van der Waals surface area contributed by atoms with Gasteiger partial charge in [-0.05, 0) is 22.9 Å². The Morgan fingerprint density at radius 1 is 1.24 bits per heavy atom. The van der Waals surface area contributed by atoms with Gasteiger partial charge in [-0.15, -0.1) is 29.3 Å². The van der Waals surface area contributed by atoms with Crippen LogP contribution in [0, 0.1) is 0 Å². The van der Waals surface area contributed by atoms with Crippen molar-refractivity contribution in [3.8, 4) is 0 Å². The van der Waals surface area contributed by atoms with E-state index in [4.69, 9.17) is 0 Å². The fraction of sp³-hybridized carbons (Fsp3) is 0.200. The number of carbonyl (C=O) groups is 2. The lowest BCUT2D eigenvalue weighted by Crippen LogP contribution is -2.39. The highest BCUT2D eigenvalue weighted by Crippen LogP contribution is 2.12. The predicted octanol–water partition coefficient (Wildman–Crippen LogP) is 2.75. The highest BCUT2D eigenvalue weighted by Gasteiger charge is 2.15. The first-order chi connectivity index (χ1) is 10.2. The summed E-state index contributed by atoms with van der Waals surface area (Å²) in [6.07, 6.45) is 1.69. The van der Waals surface area contributed by atoms with Gasteiger partial charge in [-0.25, -0.2) is 0 Å². The molecular weight excluding hydrogens is 304 g/mol. The van der Waals surface area contributed by atoms with Crippen LogP contribution in [0.5, 0.6) is 0 Å². The second-order valence-electron chi connectivity index (χ2n) is 4.30. The molecule has 0 atom stereocenters. The second-order valence-corrected chi connectivity index (χ2v) is 6.28. The van der Waals surface area contributed by atoms with Gasteiger partial charge in [-0.1, -0.05) is 18.2 Å². The topological polar surface area (TPSA) is 49.4 Å². The smallest absolute Gasteiger partial charge is 0.261 e. The molecule has 0 aromatic carbocycles. The van der Waals surface area contributed by atoms with Gasteiger partial charge < -0.3 is 10.2 Å². The molecule has 0 aliphatic carbocycles. The highest BCUT2D eigenvalue weighted by atomic mass is 32.1. The number of rotatable bonds is 7. The Labute approximate surface area is 131 Å². The van der Waals surface area contributed by atoms with Crippen molar-refractivity contribution in [1.29, 1.82) is 0 Å². The molecule has 110 valence electrons. The van der Waals surface area contributed by atoms with Gasteiger partial charge in [-0.3, -0.25) is 9.59 Å². The molecule has 1 N–H and O–H groups in total. The van der Waals surface area contributed by atoms with E-state index in [1.54, 1.807) is 28.4 Å². The van der Waals surface area contributed by atoms with E-state index in [1.165, 1.54) is 11.3 Å². The molecule has 0 saturated heterocycles. The summed E-state index contributed by atoms with van der Waals surface area (Å²) in [4.78, 5) is 27.4. The van der Waals surface area contributed by atoms with Crippen molar-refractivity contribution in [2.75, 3.05) is 13.1 Å². The van der Waals surface area contributed by atoms with E-state index in [1.807, 2.05) is 29.0 Å². The molecule has 2 aromatic rings. The molecule has 4 nitrogen and oxygen atoms in total. The zero-order valence-electron chi connectivity index (χ0n) is 11.5. The number of nitrogens with one attached hydrogen (secondary N) is 1.